The lowest BCUT2D eigenvalue weighted by atomic mass is 9.80. The number of likely N-dealkylation sites (tertiary alicyclic amines) is 1. The Morgan fingerprint density at radius 1 is 1.14 bits per heavy atom. The van der Waals surface area contributed by atoms with Crippen LogP contribution >= 0.6 is 15.9 Å². The smallest absolute Gasteiger partial charge is 0.222 e. The summed E-state index contributed by atoms with van der Waals surface area (Å²) in [4.78, 5) is 14.7. The van der Waals surface area contributed by atoms with Gasteiger partial charge in [0.1, 0.15) is 0 Å². The first kappa shape index (κ1) is 19.0. The maximum Gasteiger partial charge on any atom is 0.222 e. The number of halogens is 1. The monoisotopic (exact) mass is 359 g/mol. The van der Waals surface area contributed by atoms with E-state index < -0.39 is 0 Å². The summed E-state index contributed by atoms with van der Waals surface area (Å²) < 4.78 is 0. The maximum absolute atomic E-state index is 12.5. The summed E-state index contributed by atoms with van der Waals surface area (Å²) in [6.45, 7) is 8.70. The number of hydrogen-bond donors (Lipinski definition) is 0. The Hall–Kier alpha value is -0.0500. The molecule has 0 aromatic rings. The van der Waals surface area contributed by atoms with E-state index >= 15 is 0 Å². The lowest BCUT2D eigenvalue weighted by molar-refractivity contribution is -0.132. The number of rotatable bonds is 9. The van der Waals surface area contributed by atoms with Gasteiger partial charge in [-0.2, -0.15) is 0 Å². The average Bonchev–Trinajstić information content (AvgIpc) is 2.64. The van der Waals surface area contributed by atoms with Crippen molar-refractivity contribution in [2.24, 2.45) is 11.3 Å². The van der Waals surface area contributed by atoms with E-state index in [2.05, 4.69) is 41.6 Å². The van der Waals surface area contributed by atoms with Gasteiger partial charge in [0, 0.05) is 24.8 Å². The van der Waals surface area contributed by atoms with E-state index in [-0.39, 0.29) is 5.41 Å². The molecule has 1 saturated heterocycles. The zero-order chi connectivity index (χ0) is 15.7. The second kappa shape index (κ2) is 9.86. The third-order valence-electron chi connectivity index (χ3n) is 4.99. The summed E-state index contributed by atoms with van der Waals surface area (Å²) in [5.74, 6) is 1.16. The molecule has 0 radical (unpaired) electrons. The van der Waals surface area contributed by atoms with E-state index in [1.54, 1.807) is 0 Å². The minimum absolute atomic E-state index is 0.282. The molecule has 124 valence electrons. The van der Waals surface area contributed by atoms with Gasteiger partial charge in [-0.15, -0.1) is 0 Å². The Bertz CT molecular complexity index is 300. The SMILES string of the molecule is CCCC1CCC(=O)N(CC(CBr)(CCC)CCC)CC1. The molecule has 1 fully saturated rings. The van der Waals surface area contributed by atoms with Crippen LogP contribution in [0.5, 0.6) is 0 Å². The van der Waals surface area contributed by atoms with Crippen molar-refractivity contribution in [1.82, 2.24) is 4.90 Å². The van der Waals surface area contributed by atoms with E-state index in [0.717, 1.165) is 37.2 Å². The van der Waals surface area contributed by atoms with E-state index in [1.165, 1.54) is 44.9 Å². The van der Waals surface area contributed by atoms with Crippen molar-refractivity contribution in [3.8, 4) is 0 Å². The molecule has 0 N–H and O–H groups in total. The van der Waals surface area contributed by atoms with Crippen LogP contribution in [0, 0.1) is 11.3 Å². The van der Waals surface area contributed by atoms with Gasteiger partial charge in [0.2, 0.25) is 5.91 Å². The number of carbonyl (C=O) groups is 1. The molecule has 1 rings (SSSR count). The highest BCUT2D eigenvalue weighted by Crippen LogP contribution is 2.34. The third kappa shape index (κ3) is 5.92. The minimum atomic E-state index is 0.282. The fraction of sp³-hybridized carbons (Fsp3) is 0.944. The number of hydrogen-bond acceptors (Lipinski definition) is 1. The lowest BCUT2D eigenvalue weighted by Gasteiger charge is -2.37. The molecule has 0 aromatic carbocycles. The quantitative estimate of drug-likeness (QED) is 0.504. The van der Waals surface area contributed by atoms with Gasteiger partial charge in [-0.25, -0.2) is 0 Å². The second-order valence-corrected chi connectivity index (χ2v) is 7.49. The predicted molar refractivity (Wildman–Crippen MR) is 94.9 cm³/mol. The molecule has 0 saturated carbocycles. The van der Waals surface area contributed by atoms with E-state index in [4.69, 9.17) is 0 Å². The minimum Gasteiger partial charge on any atom is -0.342 e. The molecule has 0 aromatic heterocycles. The summed E-state index contributed by atoms with van der Waals surface area (Å²) >= 11 is 3.74. The van der Waals surface area contributed by atoms with Crippen LogP contribution in [0.3, 0.4) is 0 Å². The normalized spacial score (nSPS) is 20.7. The summed E-state index contributed by atoms with van der Waals surface area (Å²) in [5.41, 5.74) is 0.282. The van der Waals surface area contributed by atoms with Crippen molar-refractivity contribution in [2.75, 3.05) is 18.4 Å². The van der Waals surface area contributed by atoms with Crippen LogP contribution in [-0.2, 0) is 4.79 Å². The molecule has 1 heterocycles. The van der Waals surface area contributed by atoms with Crippen LogP contribution in [0.1, 0.15) is 78.6 Å². The van der Waals surface area contributed by atoms with Gasteiger partial charge >= 0.3 is 0 Å². The van der Waals surface area contributed by atoms with Gasteiger partial charge in [-0.05, 0) is 37.0 Å². The molecule has 1 unspecified atom stereocenters. The van der Waals surface area contributed by atoms with Crippen molar-refractivity contribution in [3.05, 3.63) is 0 Å². The highest BCUT2D eigenvalue weighted by molar-refractivity contribution is 9.09. The number of alkyl halides is 1. The summed E-state index contributed by atoms with van der Waals surface area (Å²) in [6.07, 6.45) is 10.4. The molecular formula is C18H34BrNO. The van der Waals surface area contributed by atoms with Crippen LogP contribution in [0.25, 0.3) is 0 Å². The zero-order valence-electron chi connectivity index (χ0n) is 14.3. The molecule has 1 aliphatic heterocycles. The van der Waals surface area contributed by atoms with Crippen LogP contribution in [0.15, 0.2) is 0 Å². The van der Waals surface area contributed by atoms with Crippen LogP contribution < -0.4 is 0 Å². The standard InChI is InChI=1S/C18H34BrNO/c1-4-7-16-8-9-17(21)20(13-10-16)15-18(14-19,11-5-2)12-6-3/h16H,4-15H2,1-3H3. The van der Waals surface area contributed by atoms with Crippen molar-refractivity contribution < 1.29 is 4.79 Å². The Morgan fingerprint density at radius 2 is 1.81 bits per heavy atom. The van der Waals surface area contributed by atoms with Crippen molar-refractivity contribution in [3.63, 3.8) is 0 Å². The molecule has 2 nitrogen and oxygen atoms in total. The predicted octanol–water partition coefficient (Wildman–Crippen LogP) is 5.40. The third-order valence-corrected chi connectivity index (χ3v) is 6.18. The summed E-state index contributed by atoms with van der Waals surface area (Å²) in [5, 5.41) is 1.02. The van der Waals surface area contributed by atoms with E-state index in [0.29, 0.717) is 5.91 Å². The summed E-state index contributed by atoms with van der Waals surface area (Å²) in [7, 11) is 0. The molecule has 0 bridgehead atoms. The first-order valence-electron chi connectivity index (χ1n) is 8.94. The average molecular weight is 360 g/mol. The Morgan fingerprint density at radius 3 is 2.33 bits per heavy atom. The first-order valence-corrected chi connectivity index (χ1v) is 10.1. The van der Waals surface area contributed by atoms with Gasteiger partial charge in [0.25, 0.3) is 0 Å². The molecule has 3 heteroatoms. The number of amides is 1. The second-order valence-electron chi connectivity index (χ2n) is 6.93. The topological polar surface area (TPSA) is 20.3 Å². The largest absolute Gasteiger partial charge is 0.342 e. The van der Waals surface area contributed by atoms with Gasteiger partial charge in [-0.1, -0.05) is 62.4 Å². The molecule has 0 spiro atoms. The zero-order valence-corrected chi connectivity index (χ0v) is 15.9. The van der Waals surface area contributed by atoms with Crippen molar-refractivity contribution in [1.29, 1.82) is 0 Å². The highest BCUT2D eigenvalue weighted by Gasteiger charge is 2.32. The van der Waals surface area contributed by atoms with E-state index in [1.807, 2.05) is 0 Å². The fourth-order valence-corrected chi connectivity index (χ4v) is 4.62. The van der Waals surface area contributed by atoms with Gasteiger partial charge in [-0.3, -0.25) is 4.79 Å². The van der Waals surface area contributed by atoms with Gasteiger partial charge < -0.3 is 4.90 Å². The number of nitrogens with zero attached hydrogens (tertiary/aromatic N) is 1. The molecule has 1 atom stereocenters. The van der Waals surface area contributed by atoms with Gasteiger partial charge in [0.05, 0.1) is 0 Å². The Balaban J connectivity index is 2.70. The summed E-state index contributed by atoms with van der Waals surface area (Å²) in [6, 6.07) is 0. The van der Waals surface area contributed by atoms with E-state index in [9.17, 15) is 4.79 Å². The molecular weight excluding hydrogens is 326 g/mol. The molecule has 1 aliphatic rings. The highest BCUT2D eigenvalue weighted by atomic mass is 79.9. The lowest BCUT2D eigenvalue weighted by Crippen LogP contribution is -2.42. The van der Waals surface area contributed by atoms with Crippen molar-refractivity contribution in [2.45, 2.75) is 78.6 Å². The molecule has 21 heavy (non-hydrogen) atoms. The maximum atomic E-state index is 12.5. The van der Waals surface area contributed by atoms with Crippen LogP contribution in [0.2, 0.25) is 0 Å². The molecule has 0 aliphatic carbocycles. The fourth-order valence-electron chi connectivity index (χ4n) is 3.88. The van der Waals surface area contributed by atoms with Gasteiger partial charge in [0.15, 0.2) is 0 Å². The molecule has 1 amide bonds. The number of carbonyl (C=O) groups excluding carboxylic acids is 1. The van der Waals surface area contributed by atoms with Crippen LogP contribution in [0.4, 0.5) is 0 Å². The Labute approximate surface area is 140 Å². The van der Waals surface area contributed by atoms with Crippen LogP contribution in [-0.4, -0.2) is 29.2 Å². The van der Waals surface area contributed by atoms with Crippen molar-refractivity contribution >= 4 is 21.8 Å². The Kier molecular flexibility index (Phi) is 8.92. The first-order chi connectivity index (χ1) is 10.1.